The number of halogens is 1. The summed E-state index contributed by atoms with van der Waals surface area (Å²) in [4.78, 5) is 36.8. The van der Waals surface area contributed by atoms with Crippen molar-refractivity contribution in [3.8, 4) is 0 Å². The summed E-state index contributed by atoms with van der Waals surface area (Å²) in [5.74, 6) is -1.29. The first-order valence-corrected chi connectivity index (χ1v) is 7.14. The van der Waals surface area contributed by atoms with Gasteiger partial charge in [0, 0.05) is 22.9 Å². The monoisotopic (exact) mass is 339 g/mol. The minimum atomic E-state index is -1.04. The molecule has 0 saturated heterocycles. The second-order valence-electron chi connectivity index (χ2n) is 4.35. The number of amides is 2. The van der Waals surface area contributed by atoms with Crippen LogP contribution in [0.2, 0.25) is 0 Å². The number of benzene rings is 1. The number of carbonyl (C=O) groups excluding carboxylic acids is 3. The Morgan fingerprint density at radius 1 is 1.30 bits per heavy atom. The van der Waals surface area contributed by atoms with Crippen LogP contribution in [0.4, 0.5) is 5.69 Å². The quantitative estimate of drug-likeness (QED) is 0.794. The highest BCUT2D eigenvalue weighted by molar-refractivity contribution is 9.10. The molecule has 0 fully saturated rings. The van der Waals surface area contributed by atoms with Crippen LogP contribution >= 0.6 is 15.9 Å². The highest BCUT2D eigenvalue weighted by atomic mass is 79.9. The van der Waals surface area contributed by atoms with Gasteiger partial charge in [-0.05, 0) is 18.2 Å². The lowest BCUT2D eigenvalue weighted by molar-refractivity contribution is -0.155. The molecule has 1 aliphatic rings. The van der Waals surface area contributed by atoms with E-state index in [4.69, 9.17) is 4.74 Å². The Morgan fingerprint density at radius 3 is 2.60 bits per heavy atom. The Labute approximate surface area is 125 Å². The van der Waals surface area contributed by atoms with Crippen molar-refractivity contribution in [3.05, 3.63) is 28.2 Å². The van der Waals surface area contributed by atoms with E-state index < -0.39 is 18.0 Å². The lowest BCUT2D eigenvalue weighted by atomic mass is 10.1. The number of carbonyl (C=O) groups is 3. The molecule has 106 valence electrons. The lowest BCUT2D eigenvalue weighted by Crippen LogP contribution is -2.35. The van der Waals surface area contributed by atoms with Gasteiger partial charge in [0.2, 0.25) is 12.0 Å². The molecule has 1 aliphatic heterocycles. The Kier molecular flexibility index (Phi) is 4.23. The van der Waals surface area contributed by atoms with E-state index in [0.717, 1.165) is 9.37 Å². The lowest BCUT2D eigenvalue weighted by Gasteiger charge is -2.14. The van der Waals surface area contributed by atoms with E-state index in [0.29, 0.717) is 11.3 Å². The van der Waals surface area contributed by atoms with Gasteiger partial charge in [-0.15, -0.1) is 0 Å². The molecule has 2 rings (SSSR count). The number of hydrogen-bond acceptors (Lipinski definition) is 4. The van der Waals surface area contributed by atoms with Crippen molar-refractivity contribution in [2.45, 2.75) is 32.8 Å². The van der Waals surface area contributed by atoms with Crippen molar-refractivity contribution in [2.24, 2.45) is 0 Å². The minimum absolute atomic E-state index is 0.175. The maximum absolute atomic E-state index is 12.3. The van der Waals surface area contributed by atoms with E-state index in [1.54, 1.807) is 32.0 Å². The Morgan fingerprint density at radius 2 is 2.00 bits per heavy atom. The summed E-state index contributed by atoms with van der Waals surface area (Å²) < 4.78 is 5.93. The zero-order chi connectivity index (χ0) is 14.9. The molecule has 1 atom stereocenters. The number of fused-ring (bicyclic) bond motifs is 1. The summed E-state index contributed by atoms with van der Waals surface area (Å²) in [7, 11) is 0. The fourth-order valence-electron chi connectivity index (χ4n) is 2.05. The Bertz CT molecular complexity index is 585. The van der Waals surface area contributed by atoms with E-state index in [9.17, 15) is 14.4 Å². The first-order chi connectivity index (χ1) is 9.49. The van der Waals surface area contributed by atoms with Gasteiger partial charge in [-0.2, -0.15) is 0 Å². The normalized spacial score (nSPS) is 17.1. The van der Waals surface area contributed by atoms with Crippen LogP contribution in [0.3, 0.4) is 0 Å². The predicted octanol–water partition coefficient (Wildman–Crippen LogP) is 2.73. The molecule has 0 unspecified atom stereocenters. The van der Waals surface area contributed by atoms with Crippen molar-refractivity contribution in [1.29, 1.82) is 0 Å². The van der Waals surface area contributed by atoms with E-state index in [-0.39, 0.29) is 18.7 Å². The molecule has 5 nitrogen and oxygen atoms in total. The summed E-state index contributed by atoms with van der Waals surface area (Å²) in [5.41, 5.74) is 1.02. The van der Waals surface area contributed by atoms with Gasteiger partial charge in [-0.25, -0.2) is 4.90 Å². The molecule has 6 heteroatoms. The molecule has 0 aromatic heterocycles. The highest BCUT2D eigenvalue weighted by Gasteiger charge is 2.42. The first kappa shape index (κ1) is 14.7. The number of imide groups is 1. The van der Waals surface area contributed by atoms with Crippen LogP contribution < -0.4 is 4.90 Å². The van der Waals surface area contributed by atoms with E-state index in [1.807, 2.05) is 0 Å². The van der Waals surface area contributed by atoms with Crippen LogP contribution in [0.15, 0.2) is 22.7 Å². The molecule has 0 N–H and O–H groups in total. The van der Waals surface area contributed by atoms with Gasteiger partial charge in [-0.1, -0.05) is 29.8 Å². The summed E-state index contributed by atoms with van der Waals surface area (Å²) in [6.07, 6.45) is -0.657. The first-order valence-electron chi connectivity index (χ1n) is 6.35. The van der Waals surface area contributed by atoms with Gasteiger partial charge in [-0.3, -0.25) is 14.4 Å². The van der Waals surface area contributed by atoms with Gasteiger partial charge in [0.05, 0.1) is 5.69 Å². The average Bonchev–Trinajstić information content (AvgIpc) is 2.70. The zero-order valence-corrected chi connectivity index (χ0v) is 12.8. The van der Waals surface area contributed by atoms with Crippen molar-refractivity contribution >= 4 is 39.4 Å². The fraction of sp³-hybridized carbons (Fsp3) is 0.357. The maximum atomic E-state index is 12.3. The number of anilines is 1. The zero-order valence-electron chi connectivity index (χ0n) is 11.2. The van der Waals surface area contributed by atoms with Crippen molar-refractivity contribution < 1.29 is 19.1 Å². The smallest absolute Gasteiger partial charge is 0.306 e. The Hall–Kier alpha value is -1.69. The Balaban J connectivity index is 2.46. The summed E-state index contributed by atoms with van der Waals surface area (Å²) in [6.45, 7) is 3.33. The van der Waals surface area contributed by atoms with E-state index in [2.05, 4.69) is 15.9 Å². The molecule has 0 bridgehead atoms. The molecule has 20 heavy (non-hydrogen) atoms. The van der Waals surface area contributed by atoms with Crippen LogP contribution in [-0.2, 0) is 19.1 Å². The molecule has 1 aromatic rings. The third-order valence-corrected chi connectivity index (χ3v) is 3.54. The number of esters is 1. The molecule has 0 aliphatic carbocycles. The van der Waals surface area contributed by atoms with Gasteiger partial charge < -0.3 is 4.74 Å². The molecular formula is C14H14BrNO4. The van der Waals surface area contributed by atoms with E-state index >= 15 is 0 Å². The standard InChI is InChI=1S/C14H14BrNO4/c1-3-11(17)16-10-6-5-8(15)7-9(10)13(14(16)19)20-12(18)4-2/h5-7,13H,3-4H2,1-2H3/t13-/m1/s1. The van der Waals surface area contributed by atoms with Crippen molar-refractivity contribution in [1.82, 2.24) is 0 Å². The summed E-state index contributed by atoms with van der Waals surface area (Å²) in [5, 5.41) is 0. The van der Waals surface area contributed by atoms with Crippen LogP contribution in [0.25, 0.3) is 0 Å². The molecule has 1 aromatic carbocycles. The molecule has 0 radical (unpaired) electrons. The maximum Gasteiger partial charge on any atom is 0.306 e. The number of ether oxygens (including phenoxy) is 1. The minimum Gasteiger partial charge on any atom is -0.447 e. The molecular weight excluding hydrogens is 326 g/mol. The van der Waals surface area contributed by atoms with Crippen LogP contribution in [0.1, 0.15) is 38.4 Å². The summed E-state index contributed by atoms with van der Waals surface area (Å²) >= 11 is 3.31. The molecule has 2 amide bonds. The second kappa shape index (κ2) is 5.75. The number of hydrogen-bond donors (Lipinski definition) is 0. The second-order valence-corrected chi connectivity index (χ2v) is 5.26. The van der Waals surface area contributed by atoms with Crippen LogP contribution in [0, 0.1) is 0 Å². The average molecular weight is 340 g/mol. The van der Waals surface area contributed by atoms with Gasteiger partial charge in [0.15, 0.2) is 0 Å². The molecule has 1 heterocycles. The van der Waals surface area contributed by atoms with Crippen LogP contribution in [-0.4, -0.2) is 17.8 Å². The van der Waals surface area contributed by atoms with E-state index in [1.165, 1.54) is 0 Å². The largest absolute Gasteiger partial charge is 0.447 e. The van der Waals surface area contributed by atoms with Gasteiger partial charge in [0.1, 0.15) is 0 Å². The third-order valence-electron chi connectivity index (χ3n) is 3.05. The molecule has 0 spiro atoms. The van der Waals surface area contributed by atoms with Crippen molar-refractivity contribution in [2.75, 3.05) is 4.90 Å². The molecule has 0 saturated carbocycles. The highest BCUT2D eigenvalue weighted by Crippen LogP contribution is 2.40. The SMILES string of the molecule is CCC(=O)O[C@H]1C(=O)N(C(=O)CC)c2ccc(Br)cc21. The fourth-order valence-corrected chi connectivity index (χ4v) is 2.43. The predicted molar refractivity (Wildman–Crippen MR) is 76.1 cm³/mol. The third kappa shape index (κ3) is 2.47. The van der Waals surface area contributed by atoms with Crippen molar-refractivity contribution in [3.63, 3.8) is 0 Å². The van der Waals surface area contributed by atoms with Gasteiger partial charge in [0.25, 0.3) is 5.91 Å². The number of rotatable bonds is 3. The van der Waals surface area contributed by atoms with Gasteiger partial charge >= 0.3 is 5.97 Å². The summed E-state index contributed by atoms with van der Waals surface area (Å²) in [6, 6.07) is 5.11. The topological polar surface area (TPSA) is 63.7 Å². The van der Waals surface area contributed by atoms with Crippen LogP contribution in [0.5, 0.6) is 0 Å². The number of nitrogens with zero attached hydrogens (tertiary/aromatic N) is 1.